The van der Waals surface area contributed by atoms with Crippen LogP contribution in [0.15, 0.2) is 79.9 Å². The van der Waals surface area contributed by atoms with E-state index in [1.165, 1.54) is 4.90 Å². The van der Waals surface area contributed by atoms with Gasteiger partial charge < -0.3 is 24.4 Å². The fourth-order valence-electron chi connectivity index (χ4n) is 6.86. The molecular weight excluding hydrogens is 636 g/mol. The number of aliphatic hydroxyl groups is 1. The van der Waals surface area contributed by atoms with Gasteiger partial charge in [0, 0.05) is 22.1 Å². The van der Waals surface area contributed by atoms with Crippen LogP contribution in [0.3, 0.4) is 0 Å². The van der Waals surface area contributed by atoms with Crippen LogP contribution in [0.1, 0.15) is 24.8 Å². The maximum Gasteiger partial charge on any atom is 0.312 e. The van der Waals surface area contributed by atoms with Crippen molar-refractivity contribution in [2.24, 2.45) is 11.8 Å². The third-order valence-electron chi connectivity index (χ3n) is 8.66. The Balaban J connectivity index is 1.57. The number of allylic oxidation sites excluding steroid dienone is 1. The summed E-state index contributed by atoms with van der Waals surface area (Å²) in [6, 6.07) is 14.5. The Morgan fingerprint density at radius 3 is 2.56 bits per heavy atom. The second-order valence-corrected chi connectivity index (χ2v) is 12.9. The number of halogens is 2. The van der Waals surface area contributed by atoms with Gasteiger partial charge in [-0.3, -0.25) is 14.4 Å². The van der Waals surface area contributed by atoms with Crippen molar-refractivity contribution in [1.82, 2.24) is 4.90 Å². The summed E-state index contributed by atoms with van der Waals surface area (Å²) >= 11 is 9.83. The van der Waals surface area contributed by atoms with Crippen LogP contribution in [0.2, 0.25) is 5.02 Å². The van der Waals surface area contributed by atoms with Crippen molar-refractivity contribution in [3.05, 3.63) is 90.5 Å². The molecule has 3 unspecified atom stereocenters. The van der Waals surface area contributed by atoms with Crippen molar-refractivity contribution in [2.75, 3.05) is 24.7 Å². The number of nitrogens with zero attached hydrogens (tertiary/aromatic N) is 2. The molecule has 7 atom stereocenters. The summed E-state index contributed by atoms with van der Waals surface area (Å²) in [7, 11) is 0. The second-order valence-electron chi connectivity index (χ2n) is 11.2. The lowest BCUT2D eigenvalue weighted by Crippen LogP contribution is -2.59. The first-order chi connectivity index (χ1) is 20.8. The number of hydrogen-bond donors (Lipinski definition) is 1. The number of alkyl halides is 1. The summed E-state index contributed by atoms with van der Waals surface area (Å²) in [5.74, 6) is -3.12. The Bertz CT molecular complexity index is 1360. The normalized spacial score (nSPS) is 27.9. The number of esters is 1. The molecule has 43 heavy (non-hydrogen) atoms. The third kappa shape index (κ3) is 5.80. The van der Waals surface area contributed by atoms with Crippen LogP contribution in [0.5, 0.6) is 0 Å². The van der Waals surface area contributed by atoms with Crippen LogP contribution in [0.25, 0.3) is 0 Å². The molecule has 2 bridgehead atoms. The van der Waals surface area contributed by atoms with Crippen molar-refractivity contribution in [1.29, 1.82) is 0 Å². The Labute approximate surface area is 265 Å². The molecule has 3 fully saturated rings. The molecule has 0 radical (unpaired) electrons. The summed E-state index contributed by atoms with van der Waals surface area (Å²) in [4.78, 5) is 45.6. The molecule has 0 saturated carbocycles. The van der Waals surface area contributed by atoms with E-state index in [9.17, 15) is 19.5 Å². The highest BCUT2D eigenvalue weighted by Gasteiger charge is 2.77. The SMILES string of the molecule is C=CCCCOC(=O)[C@H]1[C@H]2C(=O)N([C@@H](CO)Cc3ccccc3)C(C(=O)N(CC=C)c3ccc(Cl)cc3)C23CC(Br)[C@@H]1O3. The van der Waals surface area contributed by atoms with E-state index in [0.29, 0.717) is 36.4 Å². The molecule has 2 aromatic rings. The summed E-state index contributed by atoms with van der Waals surface area (Å²) in [6.45, 7) is 7.53. The monoisotopic (exact) mass is 670 g/mol. The van der Waals surface area contributed by atoms with Crippen molar-refractivity contribution in [2.45, 2.75) is 54.3 Å². The quantitative estimate of drug-likeness (QED) is 0.143. The van der Waals surface area contributed by atoms with E-state index in [2.05, 4.69) is 29.1 Å². The average molecular weight is 672 g/mol. The average Bonchev–Trinajstić information content (AvgIpc) is 3.61. The van der Waals surface area contributed by atoms with Crippen molar-refractivity contribution in [3.8, 4) is 0 Å². The minimum Gasteiger partial charge on any atom is -0.465 e. The minimum absolute atomic E-state index is 0.165. The number of unbranched alkanes of at least 4 members (excludes halogenated alkanes) is 1. The molecule has 3 aliphatic heterocycles. The van der Waals surface area contributed by atoms with E-state index in [4.69, 9.17) is 21.1 Å². The Morgan fingerprint density at radius 2 is 1.91 bits per heavy atom. The van der Waals surface area contributed by atoms with Crippen molar-refractivity contribution < 1.29 is 29.0 Å². The highest BCUT2D eigenvalue weighted by molar-refractivity contribution is 9.09. The number of ether oxygens (including phenoxy) is 2. The van der Waals surface area contributed by atoms with Gasteiger partial charge >= 0.3 is 5.97 Å². The van der Waals surface area contributed by atoms with E-state index < -0.39 is 47.5 Å². The van der Waals surface area contributed by atoms with Crippen LogP contribution in [0.4, 0.5) is 5.69 Å². The molecule has 8 nitrogen and oxygen atoms in total. The van der Waals surface area contributed by atoms with Crippen LogP contribution >= 0.6 is 27.5 Å². The maximum absolute atomic E-state index is 14.8. The van der Waals surface area contributed by atoms with Gasteiger partial charge in [-0.05, 0) is 55.5 Å². The van der Waals surface area contributed by atoms with Gasteiger partial charge in [0.25, 0.3) is 5.91 Å². The molecule has 3 saturated heterocycles. The Hall–Kier alpha value is -2.98. The highest BCUT2D eigenvalue weighted by atomic mass is 79.9. The van der Waals surface area contributed by atoms with Crippen LogP contribution < -0.4 is 4.90 Å². The first-order valence-electron chi connectivity index (χ1n) is 14.5. The standard InChI is InChI=1S/C33H36BrClN2O6/c1-3-5-9-17-42-32(41)26-27-30(39)37(24(20-38)18-21-10-7-6-8-11-21)29(33(27)19-25(34)28(26)43-33)31(40)36(16-4-2)23-14-12-22(35)13-15-23/h3-4,6-8,10-15,24-29,38H,1-2,5,9,16-20H2/t24-,25?,26+,27+,28+,29?,33?/m1/s1. The zero-order valence-electron chi connectivity index (χ0n) is 23.8. The van der Waals surface area contributed by atoms with Gasteiger partial charge in [0.2, 0.25) is 5.91 Å². The fourth-order valence-corrected chi connectivity index (χ4v) is 7.93. The smallest absolute Gasteiger partial charge is 0.312 e. The predicted octanol–water partition coefficient (Wildman–Crippen LogP) is 4.72. The largest absolute Gasteiger partial charge is 0.465 e. The van der Waals surface area contributed by atoms with Gasteiger partial charge in [-0.25, -0.2) is 0 Å². The summed E-state index contributed by atoms with van der Waals surface area (Å²) < 4.78 is 12.3. The van der Waals surface area contributed by atoms with Gasteiger partial charge in [0.15, 0.2) is 0 Å². The molecule has 1 N–H and O–H groups in total. The Kier molecular flexibility index (Phi) is 9.76. The zero-order chi connectivity index (χ0) is 30.7. The maximum atomic E-state index is 14.8. The number of anilines is 1. The molecule has 10 heteroatoms. The lowest BCUT2D eigenvalue weighted by Gasteiger charge is -2.39. The number of amides is 2. The lowest BCUT2D eigenvalue weighted by atomic mass is 9.70. The number of hydrogen-bond acceptors (Lipinski definition) is 6. The number of carbonyl (C=O) groups is 3. The summed E-state index contributed by atoms with van der Waals surface area (Å²) in [6.07, 6.45) is 4.69. The van der Waals surface area contributed by atoms with Gasteiger partial charge in [0.1, 0.15) is 11.6 Å². The molecule has 0 aromatic heterocycles. The number of aliphatic hydroxyl groups excluding tert-OH is 1. The van der Waals surface area contributed by atoms with Crippen molar-refractivity contribution in [3.63, 3.8) is 0 Å². The van der Waals surface area contributed by atoms with Gasteiger partial charge in [-0.2, -0.15) is 0 Å². The number of fused-ring (bicyclic) bond motifs is 1. The molecule has 5 rings (SSSR count). The fraction of sp³-hybridized carbons (Fsp3) is 0.424. The second kappa shape index (κ2) is 13.3. The molecule has 0 aliphatic carbocycles. The Morgan fingerprint density at radius 1 is 1.19 bits per heavy atom. The molecular formula is C33H36BrClN2O6. The van der Waals surface area contributed by atoms with Gasteiger partial charge in [-0.1, -0.05) is 70.0 Å². The molecule has 228 valence electrons. The lowest BCUT2D eigenvalue weighted by molar-refractivity contribution is -0.155. The predicted molar refractivity (Wildman–Crippen MR) is 168 cm³/mol. The number of benzene rings is 2. The summed E-state index contributed by atoms with van der Waals surface area (Å²) in [5.41, 5.74) is 0.178. The van der Waals surface area contributed by atoms with Gasteiger partial charge in [-0.15, -0.1) is 13.2 Å². The van der Waals surface area contributed by atoms with Crippen molar-refractivity contribution >= 4 is 51.0 Å². The molecule has 3 heterocycles. The molecule has 2 aromatic carbocycles. The molecule has 1 spiro atoms. The van der Waals surface area contributed by atoms with Crippen LogP contribution in [-0.2, 0) is 30.3 Å². The van der Waals surface area contributed by atoms with Crippen LogP contribution in [0, 0.1) is 11.8 Å². The van der Waals surface area contributed by atoms with E-state index in [1.807, 2.05) is 30.3 Å². The topological polar surface area (TPSA) is 96.4 Å². The number of likely N-dealkylation sites (tertiary alicyclic amines) is 1. The van der Waals surface area contributed by atoms with Crippen LogP contribution in [-0.4, -0.2) is 76.2 Å². The summed E-state index contributed by atoms with van der Waals surface area (Å²) in [5, 5.41) is 11.2. The number of rotatable bonds is 13. The zero-order valence-corrected chi connectivity index (χ0v) is 26.2. The van der Waals surface area contributed by atoms with E-state index >= 15 is 0 Å². The van der Waals surface area contributed by atoms with E-state index in [0.717, 1.165) is 5.56 Å². The van der Waals surface area contributed by atoms with Gasteiger partial charge in [0.05, 0.1) is 37.2 Å². The minimum atomic E-state index is -1.30. The molecule has 2 amide bonds. The van der Waals surface area contributed by atoms with E-state index in [1.54, 1.807) is 41.3 Å². The third-order valence-corrected chi connectivity index (χ3v) is 9.76. The highest BCUT2D eigenvalue weighted by Crippen LogP contribution is 2.61. The molecule has 3 aliphatic rings. The number of carbonyl (C=O) groups excluding carboxylic acids is 3. The van der Waals surface area contributed by atoms with E-state index in [-0.39, 0.29) is 30.5 Å². The first-order valence-corrected chi connectivity index (χ1v) is 15.8. The first kappa shape index (κ1) is 31.4.